The van der Waals surface area contributed by atoms with Crippen LogP contribution in [-0.4, -0.2) is 31.3 Å². The van der Waals surface area contributed by atoms with Crippen molar-refractivity contribution in [3.05, 3.63) is 56.5 Å². The molecule has 3 aromatic rings. The molecule has 0 bridgehead atoms. The average Bonchev–Trinajstić information content (AvgIpc) is 3.02. The fraction of sp³-hybridized carbons (Fsp3) is 0.368. The molecule has 0 atom stereocenters. The highest BCUT2D eigenvalue weighted by atomic mass is 35.5. The van der Waals surface area contributed by atoms with E-state index in [0.717, 1.165) is 4.57 Å². The molecule has 0 radical (unpaired) electrons. The Kier molecular flexibility index (Phi) is 5.69. The van der Waals surface area contributed by atoms with E-state index in [9.17, 15) is 14.4 Å². The van der Waals surface area contributed by atoms with Gasteiger partial charge in [-0.15, -0.1) is 0 Å². The standard InChI is InChI=1S/C19H21ClN4O4/c1-4-28-15(25)10-22-11-21-17-16(22)18(26)23(9-12(2)3)19(27)24(17)14-7-5-6-13(20)8-14/h5-8,11-12H,4,9-10H2,1-3H3. The molecule has 0 N–H and O–H groups in total. The Morgan fingerprint density at radius 1 is 1.29 bits per heavy atom. The Bertz CT molecular complexity index is 1140. The molecule has 0 spiro atoms. The summed E-state index contributed by atoms with van der Waals surface area (Å²) in [6.07, 6.45) is 1.36. The summed E-state index contributed by atoms with van der Waals surface area (Å²) in [6, 6.07) is 6.73. The largest absolute Gasteiger partial charge is 0.465 e. The van der Waals surface area contributed by atoms with Crippen molar-refractivity contribution < 1.29 is 9.53 Å². The van der Waals surface area contributed by atoms with Crippen LogP contribution in [0.25, 0.3) is 16.9 Å². The number of rotatable bonds is 6. The maximum atomic E-state index is 13.1. The second-order valence-corrected chi connectivity index (χ2v) is 7.19. The van der Waals surface area contributed by atoms with E-state index in [1.165, 1.54) is 15.5 Å². The Morgan fingerprint density at radius 2 is 2.04 bits per heavy atom. The van der Waals surface area contributed by atoms with Crippen molar-refractivity contribution in [1.29, 1.82) is 0 Å². The number of aromatic nitrogens is 4. The molecule has 0 saturated heterocycles. The second-order valence-electron chi connectivity index (χ2n) is 6.76. The van der Waals surface area contributed by atoms with Crippen LogP contribution in [0.5, 0.6) is 0 Å². The van der Waals surface area contributed by atoms with Gasteiger partial charge in [0.05, 0.1) is 18.6 Å². The average molecular weight is 405 g/mol. The number of imidazole rings is 1. The van der Waals surface area contributed by atoms with Crippen LogP contribution in [0.1, 0.15) is 20.8 Å². The van der Waals surface area contributed by atoms with Gasteiger partial charge in [-0.2, -0.15) is 0 Å². The number of benzene rings is 1. The normalized spacial score (nSPS) is 11.3. The number of halogens is 1. The predicted molar refractivity (Wildman–Crippen MR) is 106 cm³/mol. The van der Waals surface area contributed by atoms with Gasteiger partial charge < -0.3 is 9.30 Å². The summed E-state index contributed by atoms with van der Waals surface area (Å²) < 4.78 is 8.88. The molecule has 0 amide bonds. The monoisotopic (exact) mass is 404 g/mol. The molecular formula is C19H21ClN4O4. The van der Waals surface area contributed by atoms with Crippen molar-refractivity contribution in [2.75, 3.05) is 6.61 Å². The van der Waals surface area contributed by atoms with Gasteiger partial charge in [0.15, 0.2) is 11.2 Å². The van der Waals surface area contributed by atoms with E-state index < -0.39 is 17.2 Å². The second kappa shape index (κ2) is 8.02. The quantitative estimate of drug-likeness (QED) is 0.588. The van der Waals surface area contributed by atoms with E-state index in [1.807, 2.05) is 13.8 Å². The van der Waals surface area contributed by atoms with Crippen LogP contribution in [0, 0.1) is 5.92 Å². The molecule has 9 heteroatoms. The van der Waals surface area contributed by atoms with Crippen molar-refractivity contribution in [1.82, 2.24) is 18.7 Å². The van der Waals surface area contributed by atoms with Gasteiger partial charge in [0, 0.05) is 11.6 Å². The van der Waals surface area contributed by atoms with E-state index in [-0.39, 0.29) is 36.8 Å². The Hall–Kier alpha value is -2.87. The SMILES string of the molecule is CCOC(=O)Cn1cnc2c1c(=O)n(CC(C)C)c(=O)n2-c1cccc(Cl)c1. The fourth-order valence-corrected chi connectivity index (χ4v) is 3.20. The number of nitrogens with zero attached hydrogens (tertiary/aromatic N) is 4. The van der Waals surface area contributed by atoms with Gasteiger partial charge in [0.2, 0.25) is 0 Å². The smallest absolute Gasteiger partial charge is 0.337 e. The molecule has 8 nitrogen and oxygen atoms in total. The van der Waals surface area contributed by atoms with Crippen LogP contribution in [0.4, 0.5) is 0 Å². The van der Waals surface area contributed by atoms with Crippen LogP contribution in [-0.2, 0) is 22.6 Å². The minimum Gasteiger partial charge on any atom is -0.465 e. The third-order valence-corrected chi connectivity index (χ3v) is 4.35. The van der Waals surface area contributed by atoms with Crippen LogP contribution in [0.2, 0.25) is 5.02 Å². The van der Waals surface area contributed by atoms with Crippen LogP contribution in [0.3, 0.4) is 0 Å². The molecule has 0 saturated carbocycles. The maximum absolute atomic E-state index is 13.1. The first-order valence-electron chi connectivity index (χ1n) is 8.95. The maximum Gasteiger partial charge on any atom is 0.337 e. The van der Waals surface area contributed by atoms with Gasteiger partial charge in [-0.3, -0.25) is 14.2 Å². The van der Waals surface area contributed by atoms with E-state index in [1.54, 1.807) is 31.2 Å². The third-order valence-electron chi connectivity index (χ3n) is 4.12. The van der Waals surface area contributed by atoms with Gasteiger partial charge >= 0.3 is 11.7 Å². The fourth-order valence-electron chi connectivity index (χ4n) is 3.02. The number of hydrogen-bond donors (Lipinski definition) is 0. The number of esters is 1. The van der Waals surface area contributed by atoms with Crippen molar-refractivity contribution in [3.8, 4) is 5.69 Å². The predicted octanol–water partition coefficient (Wildman–Crippen LogP) is 2.22. The molecule has 0 aliphatic carbocycles. The highest BCUT2D eigenvalue weighted by Gasteiger charge is 2.21. The van der Waals surface area contributed by atoms with E-state index in [2.05, 4.69) is 4.98 Å². The zero-order valence-corrected chi connectivity index (χ0v) is 16.6. The molecule has 3 rings (SSSR count). The molecule has 2 aromatic heterocycles. The number of carbonyl (C=O) groups excluding carboxylic acids is 1. The Labute approximate surface area is 165 Å². The van der Waals surface area contributed by atoms with Gasteiger partial charge in [-0.25, -0.2) is 14.3 Å². The molecule has 0 unspecified atom stereocenters. The lowest BCUT2D eigenvalue weighted by Gasteiger charge is -2.14. The Balaban J connectivity index is 2.33. The molecular weight excluding hydrogens is 384 g/mol. The molecule has 0 aliphatic rings. The Morgan fingerprint density at radius 3 is 2.68 bits per heavy atom. The number of carbonyl (C=O) groups is 1. The highest BCUT2D eigenvalue weighted by Crippen LogP contribution is 2.17. The van der Waals surface area contributed by atoms with Gasteiger partial charge in [0.1, 0.15) is 6.54 Å². The third kappa shape index (κ3) is 3.73. The first-order chi connectivity index (χ1) is 13.3. The first kappa shape index (κ1) is 19.9. The van der Waals surface area contributed by atoms with E-state index >= 15 is 0 Å². The van der Waals surface area contributed by atoms with Crippen LogP contribution < -0.4 is 11.2 Å². The molecule has 28 heavy (non-hydrogen) atoms. The van der Waals surface area contributed by atoms with Crippen LogP contribution >= 0.6 is 11.6 Å². The van der Waals surface area contributed by atoms with Gasteiger partial charge in [0.25, 0.3) is 5.56 Å². The van der Waals surface area contributed by atoms with Crippen molar-refractivity contribution in [3.63, 3.8) is 0 Å². The summed E-state index contributed by atoms with van der Waals surface area (Å²) in [5.74, 6) is -0.422. The summed E-state index contributed by atoms with van der Waals surface area (Å²) in [6.45, 7) is 5.83. The molecule has 0 aliphatic heterocycles. The summed E-state index contributed by atoms with van der Waals surface area (Å²) in [5.41, 5.74) is -0.181. The topological polar surface area (TPSA) is 88.1 Å². The summed E-state index contributed by atoms with van der Waals surface area (Å²) in [4.78, 5) is 42.4. The highest BCUT2D eigenvalue weighted by molar-refractivity contribution is 6.30. The zero-order valence-electron chi connectivity index (χ0n) is 15.9. The van der Waals surface area contributed by atoms with Crippen molar-refractivity contribution in [2.45, 2.75) is 33.9 Å². The summed E-state index contributed by atoms with van der Waals surface area (Å²) in [5, 5.41) is 0.449. The van der Waals surface area contributed by atoms with Crippen molar-refractivity contribution in [2.24, 2.45) is 5.92 Å². The zero-order chi connectivity index (χ0) is 20.4. The van der Waals surface area contributed by atoms with Gasteiger partial charge in [-0.1, -0.05) is 31.5 Å². The molecule has 2 heterocycles. The van der Waals surface area contributed by atoms with E-state index in [4.69, 9.17) is 16.3 Å². The van der Waals surface area contributed by atoms with Crippen molar-refractivity contribution >= 4 is 28.7 Å². The number of hydrogen-bond acceptors (Lipinski definition) is 5. The van der Waals surface area contributed by atoms with Crippen LogP contribution in [0.15, 0.2) is 40.2 Å². The summed E-state index contributed by atoms with van der Waals surface area (Å²) in [7, 11) is 0. The number of fused-ring (bicyclic) bond motifs is 1. The lowest BCUT2D eigenvalue weighted by molar-refractivity contribution is -0.143. The minimum atomic E-state index is -0.505. The first-order valence-corrected chi connectivity index (χ1v) is 9.33. The summed E-state index contributed by atoms with van der Waals surface area (Å²) >= 11 is 6.09. The van der Waals surface area contributed by atoms with E-state index in [0.29, 0.717) is 10.7 Å². The van der Waals surface area contributed by atoms with Gasteiger partial charge in [-0.05, 0) is 31.0 Å². The molecule has 0 fully saturated rings. The lowest BCUT2D eigenvalue weighted by Crippen LogP contribution is -2.41. The lowest BCUT2D eigenvalue weighted by atomic mass is 10.2. The number of ether oxygens (including phenoxy) is 1. The minimum absolute atomic E-state index is 0.0667. The molecule has 1 aromatic carbocycles. The molecule has 148 valence electrons.